The number of nitrogens with zero attached hydrogens (tertiary/aromatic N) is 13. The average molecular weight is 951 g/mol. The van der Waals surface area contributed by atoms with Crippen LogP contribution in [0.1, 0.15) is 82.0 Å². The van der Waals surface area contributed by atoms with Crippen molar-refractivity contribution in [2.75, 3.05) is 68.7 Å². The number of alkyl halides is 2. The Morgan fingerprint density at radius 2 is 1.67 bits per heavy atom. The third-order valence-corrected chi connectivity index (χ3v) is 14.8. The van der Waals surface area contributed by atoms with E-state index in [0.29, 0.717) is 29.2 Å². The molecule has 6 aromatic rings. The van der Waals surface area contributed by atoms with Gasteiger partial charge < -0.3 is 20.0 Å². The first-order valence-corrected chi connectivity index (χ1v) is 22.7. The number of fused-ring (bicyclic) bond motifs is 2. The number of carbonyl (C=O) groups is 2. The van der Waals surface area contributed by atoms with Crippen LogP contribution in [0.3, 0.4) is 0 Å². The quantitative estimate of drug-likeness (QED) is 0.192. The van der Waals surface area contributed by atoms with Crippen molar-refractivity contribution in [3.05, 3.63) is 65.2 Å². The lowest BCUT2D eigenvalue weighted by Crippen LogP contribution is -2.44. The van der Waals surface area contributed by atoms with Crippen LogP contribution >= 0.6 is 24.8 Å². The van der Waals surface area contributed by atoms with Gasteiger partial charge in [0.05, 0.1) is 46.9 Å². The van der Waals surface area contributed by atoms with E-state index in [0.717, 1.165) is 126 Å². The minimum Gasteiger partial charge on any atom is -0.369 e. The average Bonchev–Trinajstić information content (AvgIpc) is 4.16. The van der Waals surface area contributed by atoms with Gasteiger partial charge in [0, 0.05) is 65.5 Å². The summed E-state index contributed by atoms with van der Waals surface area (Å²) < 4.78 is 37.0. The van der Waals surface area contributed by atoms with Crippen LogP contribution < -0.4 is 26.1 Å². The fourth-order valence-corrected chi connectivity index (χ4v) is 11.1. The Balaban J connectivity index is 0.00000274. The molecule has 5 fully saturated rings. The Labute approximate surface area is 391 Å². The molecule has 0 bridgehead atoms. The largest absolute Gasteiger partial charge is 0.369 e. The molecule has 0 radical (unpaired) electrons. The molecule has 2 N–H and O–H groups in total. The Morgan fingerprint density at radius 1 is 0.894 bits per heavy atom. The smallest absolute Gasteiger partial charge is 0.329 e. The maximum atomic E-state index is 14.5. The number of hydrogen-bond donors (Lipinski definition) is 2. The van der Waals surface area contributed by atoms with Gasteiger partial charge in [-0.25, -0.2) is 27.8 Å². The van der Waals surface area contributed by atoms with E-state index in [4.69, 9.17) is 4.98 Å². The molecule has 11 rings (SSSR count). The maximum Gasteiger partial charge on any atom is 0.329 e. The first kappa shape index (κ1) is 45.7. The summed E-state index contributed by atoms with van der Waals surface area (Å²) in [7, 11) is 1.77. The van der Waals surface area contributed by atoms with Crippen LogP contribution in [0.2, 0.25) is 0 Å². The van der Waals surface area contributed by atoms with E-state index in [1.54, 1.807) is 44.0 Å². The fourth-order valence-electron chi connectivity index (χ4n) is 11.1. The minimum atomic E-state index is -2.77. The Bertz CT molecular complexity index is 2800. The number of imidazole rings is 1. The van der Waals surface area contributed by atoms with Gasteiger partial charge in [-0.15, -0.1) is 29.9 Å². The number of piperidine rings is 2. The zero-order valence-electron chi connectivity index (χ0n) is 36.8. The number of amides is 2. The van der Waals surface area contributed by atoms with E-state index in [1.807, 2.05) is 24.4 Å². The minimum absolute atomic E-state index is 0. The summed E-state index contributed by atoms with van der Waals surface area (Å²) in [5.74, 6) is 0.656. The SMILES string of the molecule is Cl.Cl.Cn1c(=O)n(C2CCC(=O)NC2=O)c2cccc(N3CCC4(CCN(CC5CCC(n6cc(-n7cc(-c8cnn9ccc(N%10CCNCC%10)nc89)nn7)c(C(F)F)n6)CC5)CC4)C3)c21. The van der Waals surface area contributed by atoms with Gasteiger partial charge in [0.1, 0.15) is 23.2 Å². The molecule has 22 heteroatoms. The molecule has 1 unspecified atom stereocenters. The lowest BCUT2D eigenvalue weighted by Gasteiger charge is -2.41. The third kappa shape index (κ3) is 8.23. The van der Waals surface area contributed by atoms with Crippen LogP contribution in [0.25, 0.3) is 33.6 Å². The van der Waals surface area contributed by atoms with Crippen molar-refractivity contribution in [2.24, 2.45) is 18.4 Å². The number of aryl methyl sites for hydroxylation is 1. The van der Waals surface area contributed by atoms with Crippen molar-refractivity contribution >= 4 is 64.8 Å². The van der Waals surface area contributed by atoms with Crippen LogP contribution in [0.15, 0.2) is 53.8 Å². The van der Waals surface area contributed by atoms with Crippen molar-refractivity contribution in [3.8, 4) is 16.9 Å². The third-order valence-electron chi connectivity index (χ3n) is 14.8. The Kier molecular flexibility index (Phi) is 12.7. The molecule has 5 aliphatic rings. The number of nitrogens with one attached hydrogen (secondary N) is 2. The summed E-state index contributed by atoms with van der Waals surface area (Å²) in [4.78, 5) is 50.3. The van der Waals surface area contributed by atoms with Gasteiger partial charge in [0.2, 0.25) is 11.8 Å². The topological polar surface area (TPSA) is 174 Å². The fraction of sp³-hybridized carbons (Fsp3) is 0.545. The van der Waals surface area contributed by atoms with E-state index in [9.17, 15) is 23.2 Å². The molecule has 9 heterocycles. The predicted molar refractivity (Wildman–Crippen MR) is 248 cm³/mol. The number of carbonyl (C=O) groups excluding carboxylic acids is 2. The van der Waals surface area contributed by atoms with Crippen LogP contribution in [0.5, 0.6) is 0 Å². The first-order valence-electron chi connectivity index (χ1n) is 22.7. The van der Waals surface area contributed by atoms with Crippen molar-refractivity contribution in [1.29, 1.82) is 0 Å². The molecule has 1 aliphatic carbocycles. The van der Waals surface area contributed by atoms with E-state index in [2.05, 4.69) is 51.9 Å². The van der Waals surface area contributed by atoms with Gasteiger partial charge >= 0.3 is 5.69 Å². The molecular formula is C44H55Cl2F2N15O3. The highest BCUT2D eigenvalue weighted by molar-refractivity contribution is 6.00. The van der Waals surface area contributed by atoms with E-state index < -0.39 is 18.4 Å². The second-order valence-corrected chi connectivity index (χ2v) is 18.5. The zero-order valence-corrected chi connectivity index (χ0v) is 38.4. The van der Waals surface area contributed by atoms with Crippen molar-refractivity contribution in [3.63, 3.8) is 0 Å². The van der Waals surface area contributed by atoms with Gasteiger partial charge in [0.15, 0.2) is 11.3 Å². The highest BCUT2D eigenvalue weighted by Gasteiger charge is 2.42. The predicted octanol–water partition coefficient (Wildman–Crippen LogP) is 4.72. The number of anilines is 2. The van der Waals surface area contributed by atoms with E-state index in [1.165, 1.54) is 4.68 Å². The zero-order chi connectivity index (χ0) is 43.7. The number of hydrogen-bond acceptors (Lipinski definition) is 12. The molecule has 4 aliphatic heterocycles. The van der Waals surface area contributed by atoms with Gasteiger partial charge in [-0.05, 0) is 94.0 Å². The van der Waals surface area contributed by atoms with Crippen molar-refractivity contribution < 1.29 is 18.4 Å². The number of aromatic nitrogens is 10. The monoisotopic (exact) mass is 949 g/mol. The van der Waals surface area contributed by atoms with Crippen LogP contribution in [0.4, 0.5) is 20.3 Å². The molecule has 352 valence electrons. The van der Waals surface area contributed by atoms with E-state index >= 15 is 0 Å². The van der Waals surface area contributed by atoms with Crippen LogP contribution in [0, 0.1) is 11.3 Å². The number of para-hydroxylation sites is 1. The van der Waals surface area contributed by atoms with Gasteiger partial charge in [-0.1, -0.05) is 11.3 Å². The standard InChI is InChI=1S/C44H53F2N15O3.2ClH/c1-54-39-32(3-2-4-33(39)61(43(54)64)34-9-10-37(62)50-42(34)63)57-20-14-44(27-57)12-18-55(19-13-44)24-28-5-7-29(8-6-28)59-26-35(38(52-59)40(45)46)60-25-31(51-53-60)30-23-48-58-17-11-36(49-41(30)58)56-21-15-47-16-22-56;;/h2-4,11,17,23,25-26,28-29,34,40,47H,5-10,12-16,18-22,24,27H2,1H3,(H,50,62,63);2*1H. The summed E-state index contributed by atoms with van der Waals surface area (Å²) in [6.45, 7) is 8.40. The number of likely N-dealkylation sites (tertiary alicyclic amines) is 1. The van der Waals surface area contributed by atoms with Crippen LogP contribution in [-0.4, -0.2) is 124 Å². The van der Waals surface area contributed by atoms with Gasteiger partial charge in [-0.3, -0.25) is 28.7 Å². The molecule has 66 heavy (non-hydrogen) atoms. The Morgan fingerprint density at radius 3 is 2.42 bits per heavy atom. The van der Waals surface area contributed by atoms with Crippen molar-refractivity contribution in [1.82, 2.24) is 64.0 Å². The highest BCUT2D eigenvalue weighted by Crippen LogP contribution is 2.44. The number of piperazine rings is 1. The van der Waals surface area contributed by atoms with Crippen LogP contribution in [-0.2, 0) is 16.6 Å². The molecule has 4 saturated heterocycles. The second-order valence-electron chi connectivity index (χ2n) is 18.5. The number of benzene rings is 1. The van der Waals surface area contributed by atoms with Gasteiger partial charge in [-0.2, -0.15) is 10.2 Å². The van der Waals surface area contributed by atoms with Crippen molar-refractivity contribution in [2.45, 2.75) is 76.3 Å². The maximum absolute atomic E-state index is 14.5. The molecule has 18 nitrogen and oxygen atoms in total. The molecule has 1 aromatic carbocycles. The number of halogens is 4. The number of rotatable bonds is 9. The summed E-state index contributed by atoms with van der Waals surface area (Å²) in [5, 5.41) is 23.3. The molecule has 5 aromatic heterocycles. The lowest BCUT2D eigenvalue weighted by atomic mass is 9.77. The normalized spacial score (nSPS) is 22.6. The molecule has 1 spiro atoms. The summed E-state index contributed by atoms with van der Waals surface area (Å²) in [6.07, 6.45) is 11.7. The highest BCUT2D eigenvalue weighted by atomic mass is 35.5. The summed E-state index contributed by atoms with van der Waals surface area (Å²) in [5.41, 5.74) is 4.20. The second kappa shape index (κ2) is 18.3. The Hall–Kier alpha value is -5.44. The summed E-state index contributed by atoms with van der Waals surface area (Å²) >= 11 is 0. The molecule has 2 amide bonds. The number of imide groups is 1. The molecule has 1 saturated carbocycles. The van der Waals surface area contributed by atoms with Gasteiger partial charge in [0.25, 0.3) is 6.43 Å². The summed E-state index contributed by atoms with van der Waals surface area (Å²) in [6, 6.07) is 7.20. The van der Waals surface area contributed by atoms with E-state index in [-0.39, 0.29) is 65.7 Å². The molecular weight excluding hydrogens is 895 g/mol. The lowest BCUT2D eigenvalue weighted by molar-refractivity contribution is -0.135. The first-order chi connectivity index (χ1) is 31.1. The molecule has 1 atom stereocenters.